The van der Waals surface area contributed by atoms with Crippen molar-refractivity contribution in [2.75, 3.05) is 31.1 Å². The molecule has 0 unspecified atom stereocenters. The van der Waals surface area contributed by atoms with E-state index in [1.54, 1.807) is 0 Å². The molecule has 0 saturated carbocycles. The first kappa shape index (κ1) is 15.2. The lowest BCUT2D eigenvalue weighted by Crippen LogP contribution is -2.51. The minimum atomic E-state index is -4.48. The molecule has 1 aliphatic heterocycles. The molecule has 114 valence electrons. The normalized spacial score (nSPS) is 17.1. The van der Waals surface area contributed by atoms with Crippen LogP contribution in [0.25, 0.3) is 0 Å². The van der Waals surface area contributed by atoms with Gasteiger partial charge in [-0.3, -0.25) is 19.4 Å². The van der Waals surface area contributed by atoms with Gasteiger partial charge < -0.3 is 5.11 Å². The first-order valence-electron chi connectivity index (χ1n) is 6.05. The van der Waals surface area contributed by atoms with Gasteiger partial charge in [-0.1, -0.05) is 0 Å². The van der Waals surface area contributed by atoms with E-state index in [0.717, 1.165) is 12.1 Å². The highest BCUT2D eigenvalue weighted by Crippen LogP contribution is 2.29. The molecular formula is C12H12F3N3O3. The summed E-state index contributed by atoms with van der Waals surface area (Å²) in [6.45, 7) is 0.153. The van der Waals surface area contributed by atoms with Crippen LogP contribution in [-0.4, -0.2) is 53.0 Å². The summed E-state index contributed by atoms with van der Waals surface area (Å²) in [4.78, 5) is 28.8. The Bertz CT molecular complexity index is 545. The lowest BCUT2D eigenvalue weighted by molar-refractivity contribution is -0.139. The maximum absolute atomic E-state index is 12.4. The zero-order valence-corrected chi connectivity index (χ0v) is 10.8. The minimum Gasteiger partial charge on any atom is -0.480 e. The van der Waals surface area contributed by atoms with Crippen molar-refractivity contribution in [3.05, 3.63) is 23.9 Å². The lowest BCUT2D eigenvalue weighted by atomic mass is 10.2. The largest absolute Gasteiger partial charge is 0.480 e. The van der Waals surface area contributed by atoms with Gasteiger partial charge in [-0.05, 0) is 12.1 Å². The molecule has 0 aromatic carbocycles. The van der Waals surface area contributed by atoms with Crippen LogP contribution in [0.5, 0.6) is 0 Å². The summed E-state index contributed by atoms with van der Waals surface area (Å²) in [5.74, 6) is -1.30. The predicted octanol–water partition coefficient (Wildman–Crippen LogP) is 0.834. The number of carbonyl (C=O) groups excluding carboxylic acids is 1. The molecule has 1 saturated heterocycles. The number of nitrogens with zero attached hydrogens (tertiary/aromatic N) is 3. The van der Waals surface area contributed by atoms with Gasteiger partial charge in [0, 0.05) is 19.3 Å². The van der Waals surface area contributed by atoms with Gasteiger partial charge in [-0.25, -0.2) is 4.98 Å². The molecule has 2 heterocycles. The fourth-order valence-corrected chi connectivity index (χ4v) is 2.00. The Hall–Kier alpha value is -2.16. The van der Waals surface area contributed by atoms with E-state index in [1.165, 1.54) is 9.80 Å². The zero-order chi connectivity index (χ0) is 15.6. The van der Waals surface area contributed by atoms with E-state index >= 15 is 0 Å². The summed E-state index contributed by atoms with van der Waals surface area (Å²) in [5.41, 5.74) is -0.886. The third-order valence-corrected chi connectivity index (χ3v) is 3.01. The van der Waals surface area contributed by atoms with Crippen molar-refractivity contribution in [2.24, 2.45) is 0 Å². The minimum absolute atomic E-state index is 0.102. The quantitative estimate of drug-likeness (QED) is 0.895. The second-order valence-corrected chi connectivity index (χ2v) is 4.55. The molecule has 6 nitrogen and oxygen atoms in total. The van der Waals surface area contributed by atoms with Crippen LogP contribution < -0.4 is 4.90 Å². The summed E-state index contributed by atoms with van der Waals surface area (Å²) in [6, 6.07) is 1.99. The van der Waals surface area contributed by atoms with E-state index in [9.17, 15) is 22.8 Å². The molecule has 0 radical (unpaired) electrons. The molecule has 9 heteroatoms. The number of halogens is 3. The monoisotopic (exact) mass is 303 g/mol. The molecule has 1 fully saturated rings. The fourth-order valence-electron chi connectivity index (χ4n) is 2.00. The third kappa shape index (κ3) is 3.69. The van der Waals surface area contributed by atoms with E-state index < -0.39 is 23.6 Å². The molecule has 1 aromatic heterocycles. The number of amides is 1. The maximum atomic E-state index is 12.4. The number of piperazine rings is 1. The zero-order valence-electron chi connectivity index (χ0n) is 10.8. The van der Waals surface area contributed by atoms with Gasteiger partial charge >= 0.3 is 12.1 Å². The Kier molecular flexibility index (Phi) is 4.12. The van der Waals surface area contributed by atoms with Crippen LogP contribution in [-0.2, 0) is 15.8 Å². The van der Waals surface area contributed by atoms with Gasteiger partial charge in [0.15, 0.2) is 0 Å². The van der Waals surface area contributed by atoms with Crippen molar-refractivity contribution in [1.82, 2.24) is 9.88 Å². The molecule has 0 aliphatic carbocycles. The number of rotatable bonds is 3. The van der Waals surface area contributed by atoms with E-state index in [1.807, 2.05) is 0 Å². The number of aromatic nitrogens is 1. The van der Waals surface area contributed by atoms with Crippen LogP contribution in [0, 0.1) is 0 Å². The summed E-state index contributed by atoms with van der Waals surface area (Å²) < 4.78 is 37.3. The number of carboxylic acid groups (broad SMARTS) is 1. The second-order valence-electron chi connectivity index (χ2n) is 4.55. The molecule has 21 heavy (non-hydrogen) atoms. The smallest absolute Gasteiger partial charge is 0.417 e. The van der Waals surface area contributed by atoms with Crippen molar-refractivity contribution in [3.63, 3.8) is 0 Å². The highest BCUT2D eigenvalue weighted by molar-refractivity contribution is 5.94. The molecule has 2 rings (SSSR count). The first-order valence-corrected chi connectivity index (χ1v) is 6.05. The van der Waals surface area contributed by atoms with E-state index in [0.29, 0.717) is 12.7 Å². The molecule has 0 spiro atoms. The Labute approximate surface area is 117 Å². The summed E-state index contributed by atoms with van der Waals surface area (Å²) in [5, 5.41) is 8.66. The Morgan fingerprint density at radius 1 is 1.33 bits per heavy atom. The number of alkyl halides is 3. The Morgan fingerprint density at radius 2 is 2.05 bits per heavy atom. The van der Waals surface area contributed by atoms with Crippen molar-refractivity contribution >= 4 is 17.7 Å². The van der Waals surface area contributed by atoms with Crippen molar-refractivity contribution in [3.8, 4) is 0 Å². The Morgan fingerprint density at radius 3 is 2.52 bits per heavy atom. The number of carboxylic acids is 1. The number of carbonyl (C=O) groups is 2. The summed E-state index contributed by atoms with van der Waals surface area (Å²) in [7, 11) is 0. The van der Waals surface area contributed by atoms with E-state index in [-0.39, 0.29) is 25.5 Å². The van der Waals surface area contributed by atoms with Gasteiger partial charge in [0.25, 0.3) is 0 Å². The van der Waals surface area contributed by atoms with Gasteiger partial charge in [0.05, 0.1) is 18.7 Å². The van der Waals surface area contributed by atoms with E-state index in [4.69, 9.17) is 5.11 Å². The van der Waals surface area contributed by atoms with Gasteiger partial charge in [0.1, 0.15) is 5.82 Å². The number of anilines is 1. The topological polar surface area (TPSA) is 73.7 Å². The molecule has 1 aliphatic rings. The van der Waals surface area contributed by atoms with Crippen molar-refractivity contribution < 1.29 is 27.9 Å². The molecule has 1 amide bonds. The highest BCUT2D eigenvalue weighted by Gasteiger charge is 2.32. The summed E-state index contributed by atoms with van der Waals surface area (Å²) in [6.07, 6.45) is -3.80. The number of hydrogen-bond acceptors (Lipinski definition) is 4. The van der Waals surface area contributed by atoms with Crippen LogP contribution in [0.1, 0.15) is 5.56 Å². The Balaban J connectivity index is 2.06. The standard InChI is InChI=1S/C12H12F3N3O3/c13-12(14,15)8-1-2-9(16-5-8)18-4-3-17(6-10(18)19)7-11(20)21/h1-2,5H,3-4,6-7H2,(H,20,21). The fraction of sp³-hybridized carbons (Fsp3) is 0.417. The SMILES string of the molecule is O=C(O)CN1CCN(c2ccc(C(F)(F)F)cn2)C(=O)C1. The van der Waals surface area contributed by atoms with Crippen LogP contribution in [0.3, 0.4) is 0 Å². The van der Waals surface area contributed by atoms with E-state index in [2.05, 4.69) is 4.98 Å². The average Bonchev–Trinajstić information content (AvgIpc) is 2.37. The van der Waals surface area contributed by atoms with Gasteiger partial charge in [-0.15, -0.1) is 0 Å². The van der Waals surface area contributed by atoms with Crippen molar-refractivity contribution in [1.29, 1.82) is 0 Å². The second kappa shape index (κ2) is 5.68. The molecule has 1 aromatic rings. The summed E-state index contributed by atoms with van der Waals surface area (Å²) >= 11 is 0. The maximum Gasteiger partial charge on any atom is 0.417 e. The molecule has 0 atom stereocenters. The highest BCUT2D eigenvalue weighted by atomic mass is 19.4. The molecule has 0 bridgehead atoms. The number of hydrogen-bond donors (Lipinski definition) is 1. The predicted molar refractivity (Wildman–Crippen MR) is 65.7 cm³/mol. The molecule has 1 N–H and O–H groups in total. The van der Waals surface area contributed by atoms with Crippen molar-refractivity contribution in [2.45, 2.75) is 6.18 Å². The average molecular weight is 303 g/mol. The third-order valence-electron chi connectivity index (χ3n) is 3.01. The van der Waals surface area contributed by atoms with Crippen LogP contribution in [0.4, 0.5) is 19.0 Å². The van der Waals surface area contributed by atoms with Gasteiger partial charge in [0.2, 0.25) is 5.91 Å². The lowest BCUT2D eigenvalue weighted by Gasteiger charge is -2.32. The van der Waals surface area contributed by atoms with Crippen LogP contribution in [0.15, 0.2) is 18.3 Å². The number of pyridine rings is 1. The van der Waals surface area contributed by atoms with Gasteiger partial charge in [-0.2, -0.15) is 13.2 Å². The van der Waals surface area contributed by atoms with Crippen LogP contribution >= 0.6 is 0 Å². The number of aliphatic carboxylic acids is 1. The van der Waals surface area contributed by atoms with Crippen LogP contribution in [0.2, 0.25) is 0 Å². The first-order chi connectivity index (χ1) is 9.77. The molecular weight excluding hydrogens is 291 g/mol.